The van der Waals surface area contributed by atoms with Gasteiger partial charge in [-0.15, -0.1) is 0 Å². The second-order valence-corrected chi connectivity index (χ2v) is 7.48. The summed E-state index contributed by atoms with van der Waals surface area (Å²) >= 11 is 0. The Labute approximate surface area is 201 Å². The number of methoxy groups -OCH3 is 1. The lowest BCUT2D eigenvalue weighted by Gasteiger charge is -2.10. The van der Waals surface area contributed by atoms with Gasteiger partial charge in [-0.25, -0.2) is 4.79 Å². The van der Waals surface area contributed by atoms with Crippen molar-refractivity contribution >= 4 is 23.0 Å². The van der Waals surface area contributed by atoms with Gasteiger partial charge in [-0.3, -0.25) is 4.79 Å². The van der Waals surface area contributed by atoms with Crippen molar-refractivity contribution in [2.45, 2.75) is 13.3 Å². The number of carbonyl (C=O) groups excluding carboxylic acids is 1. The first-order valence-electron chi connectivity index (χ1n) is 10.8. The summed E-state index contributed by atoms with van der Waals surface area (Å²) in [5.74, 6) is 0.592. The van der Waals surface area contributed by atoms with Crippen LogP contribution in [0, 0.1) is 11.3 Å². The van der Waals surface area contributed by atoms with E-state index in [1.807, 2.05) is 31.2 Å². The maximum Gasteiger partial charge on any atom is 0.354 e. The molecule has 0 radical (unpaired) electrons. The van der Waals surface area contributed by atoms with Crippen LogP contribution in [-0.4, -0.2) is 13.1 Å². The number of rotatable bonds is 7. The predicted octanol–water partition coefficient (Wildman–Crippen LogP) is 5.67. The van der Waals surface area contributed by atoms with Crippen LogP contribution in [0.3, 0.4) is 0 Å². The monoisotopic (exact) mass is 467 g/mol. The maximum absolute atomic E-state index is 12.9. The summed E-state index contributed by atoms with van der Waals surface area (Å²) in [6, 6.07) is 20.5. The van der Waals surface area contributed by atoms with Crippen molar-refractivity contribution in [1.29, 1.82) is 5.26 Å². The topological polar surface area (TPSA) is 98.8 Å². The Hall–Kier alpha value is -4.83. The van der Waals surface area contributed by atoms with Crippen LogP contribution in [0.4, 0.5) is 0 Å². The summed E-state index contributed by atoms with van der Waals surface area (Å²) in [6.45, 7) is 2.00. The van der Waals surface area contributed by atoms with Crippen molar-refractivity contribution in [3.63, 3.8) is 0 Å². The molecule has 0 saturated carbocycles. The number of nitriles is 1. The van der Waals surface area contributed by atoms with E-state index in [4.69, 9.17) is 18.6 Å². The zero-order valence-electron chi connectivity index (χ0n) is 19.1. The number of benzene rings is 3. The van der Waals surface area contributed by atoms with Crippen molar-refractivity contribution in [2.75, 3.05) is 7.11 Å². The molecular formula is C28H21NO6. The average molecular weight is 467 g/mol. The summed E-state index contributed by atoms with van der Waals surface area (Å²) < 4.78 is 21.8. The van der Waals surface area contributed by atoms with Crippen molar-refractivity contribution in [1.82, 2.24) is 0 Å². The van der Waals surface area contributed by atoms with Crippen LogP contribution < -0.4 is 19.6 Å². The molecule has 4 rings (SSSR count). The molecule has 3 aromatic carbocycles. The average Bonchev–Trinajstić information content (AvgIpc) is 2.89. The molecule has 0 atom stereocenters. The van der Waals surface area contributed by atoms with Gasteiger partial charge < -0.3 is 18.6 Å². The van der Waals surface area contributed by atoms with Gasteiger partial charge in [0.05, 0.1) is 12.5 Å². The van der Waals surface area contributed by atoms with Crippen LogP contribution in [0.15, 0.2) is 87.8 Å². The van der Waals surface area contributed by atoms with E-state index >= 15 is 0 Å². The molecule has 0 unspecified atom stereocenters. The van der Waals surface area contributed by atoms with E-state index in [9.17, 15) is 14.9 Å². The second kappa shape index (κ2) is 10.4. The smallest absolute Gasteiger partial charge is 0.354 e. The van der Waals surface area contributed by atoms with Crippen LogP contribution in [0.25, 0.3) is 17.0 Å². The van der Waals surface area contributed by atoms with Gasteiger partial charge in [-0.1, -0.05) is 37.3 Å². The predicted molar refractivity (Wildman–Crippen MR) is 131 cm³/mol. The molecule has 7 nitrogen and oxygen atoms in total. The standard InChI is InChI=1S/C28H21NO6/c1-3-19-6-4-5-7-24(19)35-26-17-33-25-15-22(12-13-23(25)27(26)30)34-28(31)20(16-29)14-18-8-10-21(32-2)11-9-18/h4-15,17H,3H2,1-2H3/b20-14+. The highest BCUT2D eigenvalue weighted by molar-refractivity contribution is 5.99. The molecule has 1 heterocycles. The molecule has 0 bridgehead atoms. The molecule has 0 saturated heterocycles. The maximum atomic E-state index is 12.9. The molecule has 4 aromatic rings. The molecule has 35 heavy (non-hydrogen) atoms. The fourth-order valence-corrected chi connectivity index (χ4v) is 3.40. The number of para-hydroxylation sites is 1. The Morgan fingerprint density at radius 3 is 2.49 bits per heavy atom. The number of esters is 1. The molecule has 0 aliphatic heterocycles. The normalized spacial score (nSPS) is 11.1. The number of ether oxygens (including phenoxy) is 3. The number of hydrogen-bond donors (Lipinski definition) is 0. The third kappa shape index (κ3) is 5.23. The van der Waals surface area contributed by atoms with Gasteiger partial charge in [0.15, 0.2) is 0 Å². The van der Waals surface area contributed by atoms with E-state index in [0.29, 0.717) is 17.1 Å². The molecule has 0 fully saturated rings. The number of carbonyl (C=O) groups is 1. The third-order valence-corrected chi connectivity index (χ3v) is 5.27. The van der Waals surface area contributed by atoms with E-state index < -0.39 is 5.97 Å². The zero-order chi connectivity index (χ0) is 24.8. The van der Waals surface area contributed by atoms with E-state index in [-0.39, 0.29) is 33.5 Å². The Morgan fingerprint density at radius 2 is 1.77 bits per heavy atom. The Balaban J connectivity index is 1.56. The molecule has 1 aromatic heterocycles. The van der Waals surface area contributed by atoms with Crippen molar-refractivity contribution in [2.24, 2.45) is 0 Å². The van der Waals surface area contributed by atoms with Crippen LogP contribution in [0.5, 0.6) is 23.0 Å². The molecule has 0 aliphatic carbocycles. The number of aryl methyl sites for hydroxylation is 1. The summed E-state index contributed by atoms with van der Waals surface area (Å²) in [5, 5.41) is 9.69. The van der Waals surface area contributed by atoms with Gasteiger partial charge in [0.1, 0.15) is 40.7 Å². The minimum atomic E-state index is -0.832. The van der Waals surface area contributed by atoms with Crippen molar-refractivity contribution in [3.8, 4) is 29.1 Å². The van der Waals surface area contributed by atoms with Crippen LogP contribution >= 0.6 is 0 Å². The van der Waals surface area contributed by atoms with E-state index in [0.717, 1.165) is 12.0 Å². The highest BCUT2D eigenvalue weighted by Gasteiger charge is 2.15. The first-order chi connectivity index (χ1) is 17.0. The summed E-state index contributed by atoms with van der Waals surface area (Å²) in [6.07, 6.45) is 3.40. The second-order valence-electron chi connectivity index (χ2n) is 7.48. The third-order valence-electron chi connectivity index (χ3n) is 5.27. The molecule has 7 heteroatoms. The summed E-state index contributed by atoms with van der Waals surface area (Å²) in [7, 11) is 1.55. The molecule has 0 N–H and O–H groups in total. The number of hydrogen-bond acceptors (Lipinski definition) is 7. The van der Waals surface area contributed by atoms with Crippen LogP contribution in [-0.2, 0) is 11.2 Å². The molecule has 0 aliphatic rings. The Bertz CT molecular complexity index is 1510. The molecule has 174 valence electrons. The lowest BCUT2D eigenvalue weighted by Crippen LogP contribution is -2.10. The van der Waals surface area contributed by atoms with Gasteiger partial charge in [-0.2, -0.15) is 5.26 Å². The molecule has 0 amide bonds. The van der Waals surface area contributed by atoms with Crippen molar-refractivity contribution in [3.05, 3.63) is 99.9 Å². The van der Waals surface area contributed by atoms with E-state index in [1.165, 1.54) is 30.5 Å². The number of nitrogens with zero attached hydrogens (tertiary/aromatic N) is 1. The molecular weight excluding hydrogens is 446 g/mol. The van der Waals surface area contributed by atoms with Gasteiger partial charge in [0, 0.05) is 6.07 Å². The lowest BCUT2D eigenvalue weighted by molar-refractivity contribution is -0.129. The highest BCUT2D eigenvalue weighted by atomic mass is 16.5. The summed E-state index contributed by atoms with van der Waals surface area (Å²) in [5.41, 5.74) is 1.28. The Morgan fingerprint density at radius 1 is 1.03 bits per heavy atom. The van der Waals surface area contributed by atoms with Gasteiger partial charge >= 0.3 is 5.97 Å². The summed E-state index contributed by atoms with van der Waals surface area (Å²) in [4.78, 5) is 25.5. The first kappa shape index (κ1) is 23.3. The largest absolute Gasteiger partial charge is 0.497 e. The molecule has 0 spiro atoms. The van der Waals surface area contributed by atoms with E-state index in [1.54, 1.807) is 37.4 Å². The van der Waals surface area contributed by atoms with Crippen molar-refractivity contribution < 1.29 is 23.4 Å². The van der Waals surface area contributed by atoms with E-state index in [2.05, 4.69) is 0 Å². The lowest BCUT2D eigenvalue weighted by atomic mass is 10.1. The van der Waals surface area contributed by atoms with Crippen LogP contribution in [0.1, 0.15) is 18.1 Å². The van der Waals surface area contributed by atoms with Gasteiger partial charge in [0.25, 0.3) is 0 Å². The highest BCUT2D eigenvalue weighted by Crippen LogP contribution is 2.27. The Kier molecular flexibility index (Phi) is 6.94. The quantitative estimate of drug-likeness (QED) is 0.149. The van der Waals surface area contributed by atoms with Gasteiger partial charge in [-0.05, 0) is 54.0 Å². The fraction of sp³-hybridized carbons (Fsp3) is 0.107. The van der Waals surface area contributed by atoms with Crippen LogP contribution in [0.2, 0.25) is 0 Å². The van der Waals surface area contributed by atoms with Gasteiger partial charge in [0.2, 0.25) is 11.2 Å². The first-order valence-corrected chi connectivity index (χ1v) is 10.8. The minimum absolute atomic E-state index is 0.0531. The zero-order valence-corrected chi connectivity index (χ0v) is 19.1. The number of fused-ring (bicyclic) bond motifs is 1. The SMILES string of the molecule is CCc1ccccc1Oc1coc2cc(OC(=O)/C(C#N)=C/c3ccc(OC)cc3)ccc2c1=O. The fourth-order valence-electron chi connectivity index (χ4n) is 3.40. The minimum Gasteiger partial charge on any atom is -0.497 e.